The van der Waals surface area contributed by atoms with Crippen molar-refractivity contribution >= 4 is 11.7 Å². The number of carboxylic acid groups (broad SMARTS) is 1. The summed E-state index contributed by atoms with van der Waals surface area (Å²) in [5, 5.41) is 15.2. The lowest BCUT2D eigenvalue weighted by molar-refractivity contribution is 0.0697. The van der Waals surface area contributed by atoms with E-state index in [1.54, 1.807) is 12.1 Å². The molecule has 0 aliphatic heterocycles. The Bertz CT molecular complexity index is 364. The van der Waals surface area contributed by atoms with Crippen molar-refractivity contribution in [3.8, 4) is 0 Å². The van der Waals surface area contributed by atoms with Crippen molar-refractivity contribution in [2.75, 3.05) is 25.5 Å². The van der Waals surface area contributed by atoms with Gasteiger partial charge in [0.2, 0.25) is 0 Å². The Labute approximate surface area is 95.7 Å². The van der Waals surface area contributed by atoms with Gasteiger partial charge in [-0.2, -0.15) is 0 Å². The smallest absolute Gasteiger partial charge is 0.335 e. The molecule has 0 saturated heterocycles. The minimum Gasteiger partial charge on any atom is -0.478 e. The number of hydrogen-bond donors (Lipinski definition) is 3. The Balaban J connectivity index is 2.57. The third-order valence-corrected chi connectivity index (χ3v) is 2.39. The topological polar surface area (TPSA) is 61.4 Å². The average Bonchev–Trinajstić information content (AvgIpc) is 2.26. The molecule has 0 radical (unpaired) electrons. The molecule has 0 amide bonds. The third kappa shape index (κ3) is 3.55. The summed E-state index contributed by atoms with van der Waals surface area (Å²) in [6, 6.07) is 5.12. The second-order valence-electron chi connectivity index (χ2n) is 3.72. The van der Waals surface area contributed by atoms with E-state index in [0.29, 0.717) is 5.56 Å². The number of rotatable bonds is 6. The van der Waals surface area contributed by atoms with Crippen molar-refractivity contribution in [3.63, 3.8) is 0 Å². The van der Waals surface area contributed by atoms with Gasteiger partial charge in [-0.15, -0.1) is 0 Å². The van der Waals surface area contributed by atoms with Crippen molar-refractivity contribution in [3.05, 3.63) is 29.3 Å². The van der Waals surface area contributed by atoms with Gasteiger partial charge in [-0.25, -0.2) is 4.79 Å². The van der Waals surface area contributed by atoms with Crippen LogP contribution < -0.4 is 10.6 Å². The lowest BCUT2D eigenvalue weighted by Crippen LogP contribution is -2.13. The molecule has 0 saturated carbocycles. The molecule has 4 nitrogen and oxygen atoms in total. The van der Waals surface area contributed by atoms with E-state index in [2.05, 4.69) is 10.6 Å². The van der Waals surface area contributed by atoms with Crippen LogP contribution in [-0.4, -0.2) is 31.2 Å². The van der Waals surface area contributed by atoms with Crippen LogP contribution in [0.1, 0.15) is 22.3 Å². The van der Waals surface area contributed by atoms with Crippen molar-refractivity contribution in [2.45, 2.75) is 13.3 Å². The van der Waals surface area contributed by atoms with E-state index < -0.39 is 5.97 Å². The van der Waals surface area contributed by atoms with Gasteiger partial charge >= 0.3 is 5.97 Å². The Morgan fingerprint density at radius 3 is 2.69 bits per heavy atom. The predicted molar refractivity (Wildman–Crippen MR) is 65.2 cm³/mol. The minimum absolute atomic E-state index is 0.332. The van der Waals surface area contributed by atoms with Gasteiger partial charge in [0.05, 0.1) is 5.56 Å². The van der Waals surface area contributed by atoms with Crippen LogP contribution in [0.15, 0.2) is 18.2 Å². The zero-order chi connectivity index (χ0) is 12.0. The quantitative estimate of drug-likeness (QED) is 0.641. The van der Waals surface area contributed by atoms with Crippen LogP contribution in [0, 0.1) is 6.92 Å². The number of hydrogen-bond acceptors (Lipinski definition) is 3. The highest BCUT2D eigenvalue weighted by molar-refractivity contribution is 5.88. The van der Waals surface area contributed by atoms with E-state index in [1.165, 1.54) is 0 Å². The van der Waals surface area contributed by atoms with E-state index in [-0.39, 0.29) is 0 Å². The number of anilines is 1. The monoisotopic (exact) mass is 222 g/mol. The molecule has 1 aromatic rings. The summed E-state index contributed by atoms with van der Waals surface area (Å²) in [6.45, 7) is 3.76. The highest BCUT2D eigenvalue weighted by atomic mass is 16.4. The zero-order valence-electron chi connectivity index (χ0n) is 9.71. The normalized spacial score (nSPS) is 10.1. The van der Waals surface area contributed by atoms with Gasteiger partial charge in [0.25, 0.3) is 0 Å². The summed E-state index contributed by atoms with van der Waals surface area (Å²) in [6.07, 6.45) is 1.04. The second kappa shape index (κ2) is 6.12. The number of carboxylic acids is 1. The molecule has 16 heavy (non-hydrogen) atoms. The summed E-state index contributed by atoms with van der Waals surface area (Å²) >= 11 is 0. The van der Waals surface area contributed by atoms with Crippen LogP contribution in [0.25, 0.3) is 0 Å². The molecular formula is C12H18N2O2. The molecule has 1 aromatic carbocycles. The van der Waals surface area contributed by atoms with Crippen LogP contribution in [0.3, 0.4) is 0 Å². The van der Waals surface area contributed by atoms with Gasteiger partial charge < -0.3 is 15.7 Å². The third-order valence-electron chi connectivity index (χ3n) is 2.39. The van der Waals surface area contributed by atoms with Gasteiger partial charge in [0.15, 0.2) is 0 Å². The summed E-state index contributed by atoms with van der Waals surface area (Å²) in [5.74, 6) is -0.884. The van der Waals surface area contributed by atoms with E-state index in [9.17, 15) is 4.79 Å². The maximum Gasteiger partial charge on any atom is 0.335 e. The summed E-state index contributed by atoms with van der Waals surface area (Å²) in [4.78, 5) is 10.7. The SMILES string of the molecule is CNCCCNc1ccc(C(=O)O)cc1C. The molecule has 0 atom stereocenters. The fourth-order valence-electron chi connectivity index (χ4n) is 1.48. The molecule has 0 aliphatic rings. The zero-order valence-corrected chi connectivity index (χ0v) is 9.71. The Morgan fingerprint density at radius 1 is 1.38 bits per heavy atom. The van der Waals surface area contributed by atoms with Crippen molar-refractivity contribution in [1.29, 1.82) is 0 Å². The molecule has 0 heterocycles. The van der Waals surface area contributed by atoms with E-state index in [4.69, 9.17) is 5.11 Å². The summed E-state index contributed by atoms with van der Waals surface area (Å²) in [5.41, 5.74) is 2.30. The molecule has 0 fully saturated rings. The number of aromatic carboxylic acids is 1. The lowest BCUT2D eigenvalue weighted by Gasteiger charge is -2.09. The van der Waals surface area contributed by atoms with Gasteiger partial charge in [0, 0.05) is 12.2 Å². The van der Waals surface area contributed by atoms with E-state index in [1.807, 2.05) is 20.0 Å². The average molecular weight is 222 g/mol. The highest BCUT2D eigenvalue weighted by Crippen LogP contribution is 2.16. The molecule has 0 unspecified atom stereocenters. The second-order valence-corrected chi connectivity index (χ2v) is 3.72. The molecule has 0 bridgehead atoms. The molecule has 0 spiro atoms. The van der Waals surface area contributed by atoms with Crippen LogP contribution >= 0.6 is 0 Å². The molecule has 3 N–H and O–H groups in total. The fraction of sp³-hybridized carbons (Fsp3) is 0.417. The Morgan fingerprint density at radius 2 is 2.12 bits per heavy atom. The van der Waals surface area contributed by atoms with Gasteiger partial charge in [-0.05, 0) is 50.7 Å². The van der Waals surface area contributed by atoms with Crippen LogP contribution in [0.5, 0.6) is 0 Å². The standard InChI is InChI=1S/C12H18N2O2/c1-9-8-10(12(15)16)4-5-11(9)14-7-3-6-13-2/h4-5,8,13-14H,3,6-7H2,1-2H3,(H,15,16). The fourth-order valence-corrected chi connectivity index (χ4v) is 1.48. The first-order chi connectivity index (χ1) is 7.65. The highest BCUT2D eigenvalue weighted by Gasteiger charge is 2.04. The first kappa shape index (κ1) is 12.5. The molecule has 0 aliphatic carbocycles. The Hall–Kier alpha value is -1.55. The summed E-state index contributed by atoms with van der Waals surface area (Å²) < 4.78 is 0. The van der Waals surface area contributed by atoms with Crippen molar-refractivity contribution in [1.82, 2.24) is 5.32 Å². The molecular weight excluding hydrogens is 204 g/mol. The maximum atomic E-state index is 10.7. The van der Waals surface area contributed by atoms with Crippen LogP contribution in [0.2, 0.25) is 0 Å². The van der Waals surface area contributed by atoms with Crippen LogP contribution in [-0.2, 0) is 0 Å². The van der Waals surface area contributed by atoms with Gasteiger partial charge in [0.1, 0.15) is 0 Å². The largest absolute Gasteiger partial charge is 0.478 e. The van der Waals surface area contributed by atoms with Crippen LogP contribution in [0.4, 0.5) is 5.69 Å². The Kier molecular flexibility index (Phi) is 4.79. The first-order valence-corrected chi connectivity index (χ1v) is 5.37. The molecule has 88 valence electrons. The maximum absolute atomic E-state index is 10.7. The van der Waals surface area contributed by atoms with Crippen molar-refractivity contribution in [2.24, 2.45) is 0 Å². The molecule has 1 rings (SSSR count). The van der Waals surface area contributed by atoms with Crippen molar-refractivity contribution < 1.29 is 9.90 Å². The number of nitrogens with one attached hydrogen (secondary N) is 2. The van der Waals surface area contributed by atoms with E-state index in [0.717, 1.165) is 30.8 Å². The van der Waals surface area contributed by atoms with E-state index >= 15 is 0 Å². The molecule has 0 aromatic heterocycles. The van der Waals surface area contributed by atoms with Gasteiger partial charge in [-0.3, -0.25) is 0 Å². The lowest BCUT2D eigenvalue weighted by atomic mass is 10.1. The minimum atomic E-state index is -0.884. The number of benzene rings is 1. The number of carbonyl (C=O) groups is 1. The molecule has 4 heteroatoms. The predicted octanol–water partition coefficient (Wildman–Crippen LogP) is 1.71. The summed E-state index contributed by atoms with van der Waals surface area (Å²) in [7, 11) is 1.92. The number of aryl methyl sites for hydroxylation is 1. The van der Waals surface area contributed by atoms with Gasteiger partial charge in [-0.1, -0.05) is 0 Å². The first-order valence-electron chi connectivity index (χ1n) is 5.37.